The van der Waals surface area contributed by atoms with E-state index in [1.165, 1.54) is 32.4 Å². The molecular weight excluding hydrogens is 290 g/mol. The van der Waals surface area contributed by atoms with Gasteiger partial charge in [-0.1, -0.05) is 6.42 Å². The number of guanidine groups is 1. The molecule has 6 heteroatoms. The van der Waals surface area contributed by atoms with Crippen LogP contribution in [0.2, 0.25) is 0 Å². The molecule has 1 saturated heterocycles. The zero-order chi connectivity index (χ0) is 16.8. The molecule has 23 heavy (non-hydrogen) atoms. The highest BCUT2D eigenvalue weighted by Crippen LogP contribution is 2.07. The van der Waals surface area contributed by atoms with Crippen molar-refractivity contribution in [2.24, 2.45) is 4.99 Å². The molecule has 0 atom stereocenters. The van der Waals surface area contributed by atoms with E-state index in [2.05, 4.69) is 34.4 Å². The topological polar surface area (TPSA) is 52.1 Å². The first-order valence-corrected chi connectivity index (χ1v) is 9.18. The third-order valence-corrected chi connectivity index (χ3v) is 4.15. The summed E-state index contributed by atoms with van der Waals surface area (Å²) in [7, 11) is 3.91. The van der Waals surface area contributed by atoms with Crippen molar-refractivity contribution in [2.45, 2.75) is 32.6 Å². The Kier molecular flexibility index (Phi) is 11.9. The van der Waals surface area contributed by atoms with Gasteiger partial charge in [-0.15, -0.1) is 0 Å². The van der Waals surface area contributed by atoms with E-state index in [4.69, 9.17) is 9.73 Å². The fourth-order valence-electron chi connectivity index (χ4n) is 2.78. The smallest absolute Gasteiger partial charge is 0.191 e. The maximum atomic E-state index is 5.09. The molecule has 2 N–H and O–H groups in total. The van der Waals surface area contributed by atoms with Gasteiger partial charge in [0.1, 0.15) is 0 Å². The van der Waals surface area contributed by atoms with Crippen molar-refractivity contribution in [3.63, 3.8) is 0 Å². The van der Waals surface area contributed by atoms with Gasteiger partial charge in [0.05, 0.1) is 6.54 Å². The number of likely N-dealkylation sites (N-methyl/N-ethyl adjacent to an activating group) is 1. The van der Waals surface area contributed by atoms with Gasteiger partial charge >= 0.3 is 0 Å². The molecule has 0 spiro atoms. The minimum Gasteiger partial charge on any atom is -0.385 e. The average Bonchev–Trinajstić information content (AvgIpc) is 2.56. The van der Waals surface area contributed by atoms with Gasteiger partial charge in [-0.05, 0) is 46.3 Å². The number of methoxy groups -OCH3 is 1. The molecule has 0 aliphatic carbocycles. The van der Waals surface area contributed by atoms with Gasteiger partial charge in [-0.3, -0.25) is 4.99 Å². The molecular formula is C17H37N5O. The Morgan fingerprint density at radius 3 is 2.65 bits per heavy atom. The van der Waals surface area contributed by atoms with Crippen LogP contribution in [0.25, 0.3) is 0 Å². The lowest BCUT2D eigenvalue weighted by atomic mass is 10.1. The highest BCUT2D eigenvalue weighted by molar-refractivity contribution is 5.79. The summed E-state index contributed by atoms with van der Waals surface area (Å²) in [5, 5.41) is 6.76. The summed E-state index contributed by atoms with van der Waals surface area (Å²) in [6, 6.07) is 0. The number of hydrogen-bond acceptors (Lipinski definition) is 4. The van der Waals surface area contributed by atoms with Crippen LogP contribution in [-0.2, 0) is 4.74 Å². The third-order valence-electron chi connectivity index (χ3n) is 4.15. The third kappa shape index (κ3) is 10.5. The van der Waals surface area contributed by atoms with Crippen LogP contribution >= 0.6 is 0 Å². The van der Waals surface area contributed by atoms with E-state index in [-0.39, 0.29) is 0 Å². The van der Waals surface area contributed by atoms with E-state index in [9.17, 15) is 0 Å². The zero-order valence-corrected chi connectivity index (χ0v) is 15.4. The maximum Gasteiger partial charge on any atom is 0.191 e. The minimum absolute atomic E-state index is 0.832. The van der Waals surface area contributed by atoms with Gasteiger partial charge in [0.2, 0.25) is 0 Å². The van der Waals surface area contributed by atoms with Crippen LogP contribution in [0.3, 0.4) is 0 Å². The lowest BCUT2D eigenvalue weighted by molar-refractivity contribution is 0.180. The van der Waals surface area contributed by atoms with Crippen molar-refractivity contribution < 1.29 is 4.74 Å². The molecule has 0 aromatic heterocycles. The van der Waals surface area contributed by atoms with E-state index in [1.54, 1.807) is 7.11 Å². The summed E-state index contributed by atoms with van der Waals surface area (Å²) in [4.78, 5) is 9.54. The van der Waals surface area contributed by atoms with Gasteiger partial charge in [0.25, 0.3) is 0 Å². The first-order valence-electron chi connectivity index (χ1n) is 9.18. The molecule has 0 aromatic rings. The van der Waals surface area contributed by atoms with Crippen molar-refractivity contribution in [3.8, 4) is 0 Å². The SMILES string of the molecule is CCNC(=NCCN1CCCCC1)NCCN(C)CCCOC. The second-order valence-electron chi connectivity index (χ2n) is 6.24. The summed E-state index contributed by atoms with van der Waals surface area (Å²) in [6.07, 6.45) is 5.16. The van der Waals surface area contributed by atoms with Crippen molar-refractivity contribution in [1.29, 1.82) is 0 Å². The fraction of sp³-hybridized carbons (Fsp3) is 0.941. The van der Waals surface area contributed by atoms with Crippen LogP contribution < -0.4 is 10.6 Å². The summed E-state index contributed by atoms with van der Waals surface area (Å²) in [5.74, 6) is 0.940. The molecule has 0 radical (unpaired) electrons. The highest BCUT2D eigenvalue weighted by atomic mass is 16.5. The van der Waals surface area contributed by atoms with Gasteiger partial charge < -0.3 is 25.2 Å². The number of nitrogens with zero attached hydrogens (tertiary/aromatic N) is 3. The first kappa shape index (κ1) is 20.2. The molecule has 6 nitrogen and oxygen atoms in total. The number of ether oxygens (including phenoxy) is 1. The lowest BCUT2D eigenvalue weighted by Gasteiger charge is -2.25. The predicted octanol–water partition coefficient (Wildman–Crippen LogP) is 0.996. The van der Waals surface area contributed by atoms with E-state index < -0.39 is 0 Å². The largest absolute Gasteiger partial charge is 0.385 e. The van der Waals surface area contributed by atoms with Crippen LogP contribution in [-0.4, -0.2) is 88.9 Å². The number of aliphatic imine (C=N–C) groups is 1. The van der Waals surface area contributed by atoms with Crippen LogP contribution in [0.15, 0.2) is 4.99 Å². The minimum atomic E-state index is 0.832. The Bertz CT molecular complexity index is 305. The quantitative estimate of drug-likeness (QED) is 0.337. The van der Waals surface area contributed by atoms with E-state index in [0.29, 0.717) is 0 Å². The zero-order valence-electron chi connectivity index (χ0n) is 15.4. The fourth-order valence-corrected chi connectivity index (χ4v) is 2.78. The Morgan fingerprint density at radius 2 is 1.96 bits per heavy atom. The second-order valence-corrected chi connectivity index (χ2v) is 6.24. The van der Waals surface area contributed by atoms with Crippen molar-refractivity contribution in [2.75, 3.05) is 73.1 Å². The number of piperidine rings is 1. The lowest BCUT2D eigenvalue weighted by Crippen LogP contribution is -2.41. The maximum absolute atomic E-state index is 5.09. The Balaban J connectivity index is 2.17. The predicted molar refractivity (Wildman–Crippen MR) is 98.3 cm³/mol. The van der Waals surface area contributed by atoms with Crippen LogP contribution in [0.5, 0.6) is 0 Å². The molecule has 1 aliphatic heterocycles. The average molecular weight is 328 g/mol. The summed E-state index contributed by atoms with van der Waals surface area (Å²) >= 11 is 0. The number of rotatable bonds is 11. The van der Waals surface area contributed by atoms with Crippen LogP contribution in [0, 0.1) is 0 Å². The molecule has 0 bridgehead atoms. The molecule has 0 saturated carbocycles. The van der Waals surface area contributed by atoms with E-state index in [1.807, 2.05) is 0 Å². The Labute approximate surface area is 142 Å². The molecule has 1 fully saturated rings. The second kappa shape index (κ2) is 13.6. The van der Waals surface area contributed by atoms with Crippen molar-refractivity contribution in [3.05, 3.63) is 0 Å². The normalized spacial score (nSPS) is 16.8. The van der Waals surface area contributed by atoms with Crippen molar-refractivity contribution in [1.82, 2.24) is 20.4 Å². The Morgan fingerprint density at radius 1 is 1.17 bits per heavy atom. The van der Waals surface area contributed by atoms with Gasteiger partial charge in [-0.25, -0.2) is 0 Å². The van der Waals surface area contributed by atoms with E-state index in [0.717, 1.165) is 58.3 Å². The number of nitrogens with one attached hydrogen (secondary N) is 2. The first-order chi connectivity index (χ1) is 11.3. The van der Waals surface area contributed by atoms with Crippen LogP contribution in [0.1, 0.15) is 32.6 Å². The summed E-state index contributed by atoms with van der Waals surface area (Å²) in [5.41, 5.74) is 0. The van der Waals surface area contributed by atoms with Crippen LogP contribution in [0.4, 0.5) is 0 Å². The van der Waals surface area contributed by atoms with Gasteiger partial charge in [-0.2, -0.15) is 0 Å². The molecule has 1 aliphatic rings. The molecule has 0 unspecified atom stereocenters. The number of likely N-dealkylation sites (tertiary alicyclic amines) is 1. The summed E-state index contributed by atoms with van der Waals surface area (Å²) in [6.45, 7) is 11.3. The summed E-state index contributed by atoms with van der Waals surface area (Å²) < 4.78 is 5.09. The van der Waals surface area contributed by atoms with Crippen molar-refractivity contribution >= 4 is 5.96 Å². The molecule has 1 heterocycles. The Hall–Kier alpha value is -0.850. The standard InChI is InChI=1S/C17H37N5O/c1-4-18-17(19-9-14-21(2)11-8-16-23-3)20-10-15-22-12-6-5-7-13-22/h4-16H2,1-3H3,(H2,18,19,20). The number of hydrogen-bond donors (Lipinski definition) is 2. The monoisotopic (exact) mass is 327 g/mol. The van der Waals surface area contributed by atoms with Gasteiger partial charge in [0, 0.05) is 46.4 Å². The molecule has 0 aromatic carbocycles. The van der Waals surface area contributed by atoms with Gasteiger partial charge in [0.15, 0.2) is 5.96 Å². The molecule has 1 rings (SSSR count). The highest BCUT2D eigenvalue weighted by Gasteiger charge is 2.09. The molecule has 136 valence electrons. The molecule has 0 amide bonds. The van der Waals surface area contributed by atoms with E-state index >= 15 is 0 Å².